The second kappa shape index (κ2) is 9.15. The monoisotopic (exact) mass is 373 g/mol. The van der Waals surface area contributed by atoms with Crippen LogP contribution in [0.3, 0.4) is 0 Å². The third-order valence-corrected chi connectivity index (χ3v) is 4.09. The Bertz CT molecular complexity index is 832. The van der Waals surface area contributed by atoms with Crippen LogP contribution in [0.25, 0.3) is 0 Å². The van der Waals surface area contributed by atoms with Crippen molar-refractivity contribution in [1.82, 2.24) is 0 Å². The number of benzene rings is 2. The molecule has 0 saturated heterocycles. The minimum atomic E-state index is -0.599. The summed E-state index contributed by atoms with van der Waals surface area (Å²) >= 11 is 5.95. The van der Waals surface area contributed by atoms with Gasteiger partial charge in [0, 0.05) is 12.0 Å². The lowest BCUT2D eigenvalue weighted by molar-refractivity contribution is -0.143. The smallest absolute Gasteiger partial charge is 0.306 e. The molecule has 0 bridgehead atoms. The standard InChI is InChI=1S/C20H20ClNO4/c1-13-7-8-14(2)15(11-13)18(23)12-26-20(25)10-9-19(24)22-17-6-4-3-5-16(17)21/h3-8,11H,9-10,12H2,1-2H3,(H,22,24). The van der Waals surface area contributed by atoms with E-state index in [1.807, 2.05) is 26.0 Å². The van der Waals surface area contributed by atoms with Gasteiger partial charge in [-0.15, -0.1) is 0 Å². The van der Waals surface area contributed by atoms with E-state index >= 15 is 0 Å². The average Bonchev–Trinajstić information content (AvgIpc) is 2.62. The summed E-state index contributed by atoms with van der Waals surface area (Å²) in [5.41, 5.74) is 2.81. The highest BCUT2D eigenvalue weighted by Crippen LogP contribution is 2.20. The predicted octanol–water partition coefficient (Wildman–Crippen LogP) is 4.10. The number of nitrogens with one attached hydrogen (secondary N) is 1. The van der Waals surface area contributed by atoms with Crippen LogP contribution in [0.1, 0.15) is 34.3 Å². The van der Waals surface area contributed by atoms with E-state index in [2.05, 4.69) is 5.32 Å². The van der Waals surface area contributed by atoms with Crippen LogP contribution in [0, 0.1) is 13.8 Å². The number of carbonyl (C=O) groups is 3. The summed E-state index contributed by atoms with van der Waals surface area (Å²) in [7, 11) is 0. The highest BCUT2D eigenvalue weighted by atomic mass is 35.5. The van der Waals surface area contributed by atoms with Crippen LogP contribution in [-0.4, -0.2) is 24.3 Å². The van der Waals surface area contributed by atoms with E-state index in [1.54, 1.807) is 30.3 Å². The van der Waals surface area contributed by atoms with Gasteiger partial charge in [0.2, 0.25) is 11.7 Å². The molecule has 6 heteroatoms. The third kappa shape index (κ3) is 5.70. The summed E-state index contributed by atoms with van der Waals surface area (Å²) < 4.78 is 4.98. The Kier molecular flexibility index (Phi) is 6.92. The number of halogens is 1. The molecule has 5 nitrogen and oxygen atoms in total. The second-order valence-corrected chi connectivity index (χ2v) is 6.34. The third-order valence-electron chi connectivity index (χ3n) is 3.76. The minimum Gasteiger partial charge on any atom is -0.457 e. The number of esters is 1. The van der Waals surface area contributed by atoms with Gasteiger partial charge in [-0.3, -0.25) is 14.4 Å². The number of hydrogen-bond donors (Lipinski definition) is 1. The number of aryl methyl sites for hydroxylation is 2. The zero-order chi connectivity index (χ0) is 19.1. The molecule has 2 rings (SSSR count). The highest BCUT2D eigenvalue weighted by molar-refractivity contribution is 6.33. The van der Waals surface area contributed by atoms with E-state index in [0.717, 1.165) is 11.1 Å². The maximum atomic E-state index is 12.2. The lowest BCUT2D eigenvalue weighted by Gasteiger charge is -2.08. The maximum Gasteiger partial charge on any atom is 0.306 e. The first-order valence-electron chi connectivity index (χ1n) is 8.17. The molecule has 1 amide bonds. The van der Waals surface area contributed by atoms with Gasteiger partial charge in [0.05, 0.1) is 17.1 Å². The fraction of sp³-hybridized carbons (Fsp3) is 0.250. The summed E-state index contributed by atoms with van der Waals surface area (Å²) in [5.74, 6) is -1.21. The number of hydrogen-bond acceptors (Lipinski definition) is 4. The summed E-state index contributed by atoms with van der Waals surface area (Å²) in [4.78, 5) is 35.8. The van der Waals surface area contributed by atoms with Gasteiger partial charge in [-0.05, 0) is 37.6 Å². The van der Waals surface area contributed by atoms with E-state index in [9.17, 15) is 14.4 Å². The molecule has 0 aromatic heterocycles. The molecule has 0 aliphatic rings. The van der Waals surface area contributed by atoms with E-state index in [-0.39, 0.29) is 31.1 Å². The number of ether oxygens (including phenoxy) is 1. The van der Waals surface area contributed by atoms with Crippen molar-refractivity contribution in [2.45, 2.75) is 26.7 Å². The molecule has 0 unspecified atom stereocenters. The molecule has 0 atom stereocenters. The molecular formula is C20H20ClNO4. The molecule has 0 saturated carbocycles. The van der Waals surface area contributed by atoms with Crippen molar-refractivity contribution in [3.05, 3.63) is 64.2 Å². The Hall–Kier alpha value is -2.66. The Morgan fingerprint density at radius 1 is 1.04 bits per heavy atom. The van der Waals surface area contributed by atoms with E-state index in [1.165, 1.54) is 0 Å². The number of carbonyl (C=O) groups excluding carboxylic acids is 3. The summed E-state index contributed by atoms with van der Waals surface area (Å²) in [5, 5.41) is 3.04. The SMILES string of the molecule is Cc1ccc(C)c(C(=O)COC(=O)CCC(=O)Nc2ccccc2Cl)c1. The van der Waals surface area contributed by atoms with Crippen LogP contribution in [0.15, 0.2) is 42.5 Å². The highest BCUT2D eigenvalue weighted by Gasteiger charge is 2.14. The predicted molar refractivity (Wildman–Crippen MR) is 101 cm³/mol. The Morgan fingerprint density at radius 2 is 1.77 bits per heavy atom. The van der Waals surface area contributed by atoms with Crippen molar-refractivity contribution < 1.29 is 19.1 Å². The van der Waals surface area contributed by atoms with Gasteiger partial charge in [0.1, 0.15) is 0 Å². The largest absolute Gasteiger partial charge is 0.457 e. The fourth-order valence-electron chi connectivity index (χ4n) is 2.32. The molecule has 136 valence electrons. The van der Waals surface area contributed by atoms with Gasteiger partial charge in [-0.25, -0.2) is 0 Å². The summed E-state index contributed by atoms with van der Waals surface area (Å²) in [6, 6.07) is 12.4. The van der Waals surface area contributed by atoms with E-state index in [4.69, 9.17) is 16.3 Å². The molecule has 0 fully saturated rings. The molecule has 0 spiro atoms. The van der Waals surface area contributed by atoms with Gasteiger partial charge in [-0.1, -0.05) is 41.4 Å². The van der Waals surface area contributed by atoms with Crippen molar-refractivity contribution in [3.63, 3.8) is 0 Å². The van der Waals surface area contributed by atoms with Crippen molar-refractivity contribution in [1.29, 1.82) is 0 Å². The van der Waals surface area contributed by atoms with Crippen LogP contribution in [0.2, 0.25) is 5.02 Å². The number of Topliss-reactive ketones (excluding diaryl/α,β-unsaturated/α-hetero) is 1. The van der Waals surface area contributed by atoms with Gasteiger partial charge < -0.3 is 10.1 Å². The number of anilines is 1. The van der Waals surface area contributed by atoms with Crippen LogP contribution in [0.4, 0.5) is 5.69 Å². The molecule has 2 aromatic rings. The topological polar surface area (TPSA) is 72.5 Å². The normalized spacial score (nSPS) is 10.3. The van der Waals surface area contributed by atoms with Gasteiger partial charge in [-0.2, -0.15) is 0 Å². The number of ketones is 1. The van der Waals surface area contributed by atoms with Crippen molar-refractivity contribution >= 4 is 34.9 Å². The molecule has 0 aliphatic heterocycles. The maximum absolute atomic E-state index is 12.2. The first-order chi connectivity index (χ1) is 12.4. The van der Waals surface area contributed by atoms with Crippen LogP contribution in [-0.2, 0) is 14.3 Å². The van der Waals surface area contributed by atoms with Crippen LogP contribution < -0.4 is 5.32 Å². The van der Waals surface area contributed by atoms with Crippen molar-refractivity contribution in [2.24, 2.45) is 0 Å². The molecule has 1 N–H and O–H groups in total. The zero-order valence-electron chi connectivity index (χ0n) is 14.7. The van der Waals surface area contributed by atoms with Crippen LogP contribution in [0.5, 0.6) is 0 Å². The Labute approximate surface area is 157 Å². The van der Waals surface area contributed by atoms with Gasteiger partial charge in [0.25, 0.3) is 0 Å². The lowest BCUT2D eigenvalue weighted by atomic mass is 10.0. The number of amides is 1. The first-order valence-corrected chi connectivity index (χ1v) is 8.55. The summed E-state index contributed by atoms with van der Waals surface area (Å²) in [6.45, 7) is 3.38. The Balaban J connectivity index is 1.78. The fourth-order valence-corrected chi connectivity index (χ4v) is 2.51. The van der Waals surface area contributed by atoms with Gasteiger partial charge >= 0.3 is 5.97 Å². The second-order valence-electron chi connectivity index (χ2n) is 5.93. The number of para-hydroxylation sites is 1. The molecule has 2 aromatic carbocycles. The minimum absolute atomic E-state index is 0.0538. The Morgan fingerprint density at radius 3 is 2.50 bits per heavy atom. The molecule has 0 heterocycles. The summed E-state index contributed by atoms with van der Waals surface area (Å²) in [6.07, 6.45) is -0.169. The number of rotatable bonds is 7. The van der Waals surface area contributed by atoms with Gasteiger partial charge in [0.15, 0.2) is 6.61 Å². The first kappa shape index (κ1) is 19.7. The average molecular weight is 374 g/mol. The molecule has 0 radical (unpaired) electrons. The zero-order valence-corrected chi connectivity index (χ0v) is 15.4. The molecular weight excluding hydrogens is 354 g/mol. The van der Waals surface area contributed by atoms with E-state index < -0.39 is 5.97 Å². The molecule has 0 aliphatic carbocycles. The lowest BCUT2D eigenvalue weighted by Crippen LogP contribution is -2.18. The van der Waals surface area contributed by atoms with Crippen LogP contribution >= 0.6 is 11.6 Å². The van der Waals surface area contributed by atoms with Crippen molar-refractivity contribution in [2.75, 3.05) is 11.9 Å². The van der Waals surface area contributed by atoms with Crippen molar-refractivity contribution in [3.8, 4) is 0 Å². The van der Waals surface area contributed by atoms with E-state index in [0.29, 0.717) is 16.3 Å². The molecule has 26 heavy (non-hydrogen) atoms. The quantitative estimate of drug-likeness (QED) is 0.585.